The maximum atomic E-state index is 5.36. The Morgan fingerprint density at radius 2 is 1.06 bits per heavy atom. The normalized spacial score (nSPS) is 25.0. The SMILES string of the molecule is BrC(CN1CCOCC1)=C(Br)CN1CCOCC1. The van der Waals surface area contributed by atoms with E-state index in [0.29, 0.717) is 0 Å². The second-order valence-electron chi connectivity index (χ2n) is 4.59. The van der Waals surface area contributed by atoms with Gasteiger partial charge in [0.05, 0.1) is 26.4 Å². The van der Waals surface area contributed by atoms with Crippen LogP contribution >= 0.6 is 31.9 Å². The maximum Gasteiger partial charge on any atom is 0.0594 e. The van der Waals surface area contributed by atoms with Gasteiger partial charge in [-0.2, -0.15) is 0 Å². The summed E-state index contributed by atoms with van der Waals surface area (Å²) in [4.78, 5) is 4.82. The molecule has 0 aromatic rings. The van der Waals surface area contributed by atoms with E-state index in [0.717, 1.165) is 65.7 Å². The zero-order chi connectivity index (χ0) is 12.8. The fraction of sp³-hybridized carbons (Fsp3) is 0.833. The number of ether oxygens (including phenoxy) is 2. The highest BCUT2D eigenvalue weighted by Gasteiger charge is 2.15. The smallest absolute Gasteiger partial charge is 0.0594 e. The van der Waals surface area contributed by atoms with E-state index >= 15 is 0 Å². The summed E-state index contributed by atoms with van der Waals surface area (Å²) < 4.78 is 13.2. The topological polar surface area (TPSA) is 24.9 Å². The van der Waals surface area contributed by atoms with Gasteiger partial charge in [-0.25, -0.2) is 0 Å². The van der Waals surface area contributed by atoms with Crippen LogP contribution in [0.25, 0.3) is 0 Å². The minimum atomic E-state index is 0.849. The summed E-state index contributed by atoms with van der Waals surface area (Å²) in [6.45, 7) is 9.41. The largest absolute Gasteiger partial charge is 0.379 e. The fourth-order valence-corrected chi connectivity index (χ4v) is 3.04. The molecule has 0 aromatic heterocycles. The molecular weight excluding hydrogens is 364 g/mol. The van der Waals surface area contributed by atoms with Crippen LogP contribution in [0.5, 0.6) is 0 Å². The van der Waals surface area contributed by atoms with E-state index in [2.05, 4.69) is 41.7 Å². The van der Waals surface area contributed by atoms with E-state index in [-0.39, 0.29) is 0 Å². The molecule has 0 spiro atoms. The number of nitrogens with zero attached hydrogens (tertiary/aromatic N) is 2. The van der Waals surface area contributed by atoms with E-state index in [1.165, 1.54) is 8.96 Å². The Kier molecular flexibility index (Phi) is 6.61. The van der Waals surface area contributed by atoms with Crippen LogP contribution in [0.4, 0.5) is 0 Å². The minimum Gasteiger partial charge on any atom is -0.379 e. The molecule has 2 fully saturated rings. The van der Waals surface area contributed by atoms with E-state index in [4.69, 9.17) is 9.47 Å². The molecule has 2 saturated heterocycles. The monoisotopic (exact) mass is 382 g/mol. The van der Waals surface area contributed by atoms with Crippen molar-refractivity contribution in [2.45, 2.75) is 0 Å². The van der Waals surface area contributed by atoms with E-state index in [9.17, 15) is 0 Å². The third-order valence-corrected chi connectivity index (χ3v) is 5.22. The molecule has 0 bridgehead atoms. The average Bonchev–Trinajstić information content (AvgIpc) is 2.41. The van der Waals surface area contributed by atoms with Gasteiger partial charge >= 0.3 is 0 Å². The molecule has 104 valence electrons. The van der Waals surface area contributed by atoms with Gasteiger partial charge in [-0.3, -0.25) is 9.80 Å². The Morgan fingerprint density at radius 1 is 0.722 bits per heavy atom. The van der Waals surface area contributed by atoms with E-state index in [1.807, 2.05) is 0 Å². The second-order valence-corrected chi connectivity index (χ2v) is 6.50. The average molecular weight is 384 g/mol. The zero-order valence-corrected chi connectivity index (χ0v) is 13.7. The lowest BCUT2D eigenvalue weighted by molar-refractivity contribution is 0.0413. The third kappa shape index (κ3) is 4.90. The molecular formula is C12H20Br2N2O2. The Labute approximate surface area is 126 Å². The summed E-state index contributed by atoms with van der Waals surface area (Å²) in [5.41, 5.74) is 0. The predicted octanol–water partition coefficient (Wildman–Crippen LogP) is 1.65. The lowest BCUT2D eigenvalue weighted by Gasteiger charge is -2.28. The highest BCUT2D eigenvalue weighted by molar-refractivity contribution is 9.14. The zero-order valence-electron chi connectivity index (χ0n) is 10.5. The molecule has 0 aromatic carbocycles. The van der Waals surface area contributed by atoms with Crippen LogP contribution in [0.1, 0.15) is 0 Å². The number of rotatable bonds is 4. The Balaban J connectivity index is 1.79. The standard InChI is InChI=1S/C12H20Br2N2O2/c13-11(9-15-1-5-17-6-2-15)12(14)10-16-3-7-18-8-4-16/h1-10H2. The van der Waals surface area contributed by atoms with Crippen LogP contribution in [0.2, 0.25) is 0 Å². The van der Waals surface area contributed by atoms with Gasteiger partial charge in [-0.15, -0.1) is 0 Å². The first-order valence-corrected chi connectivity index (χ1v) is 7.97. The van der Waals surface area contributed by atoms with Crippen LogP contribution < -0.4 is 0 Å². The summed E-state index contributed by atoms with van der Waals surface area (Å²) in [6.07, 6.45) is 0. The van der Waals surface area contributed by atoms with Crippen molar-refractivity contribution in [3.05, 3.63) is 8.96 Å². The summed E-state index contributed by atoms with van der Waals surface area (Å²) >= 11 is 7.40. The first-order valence-electron chi connectivity index (χ1n) is 6.39. The highest BCUT2D eigenvalue weighted by atomic mass is 79.9. The van der Waals surface area contributed by atoms with Crippen molar-refractivity contribution in [1.29, 1.82) is 0 Å². The molecule has 0 amide bonds. The Morgan fingerprint density at radius 3 is 1.39 bits per heavy atom. The minimum absolute atomic E-state index is 0.849. The molecule has 6 heteroatoms. The van der Waals surface area contributed by atoms with Crippen LogP contribution in [-0.2, 0) is 9.47 Å². The Bertz CT molecular complexity index is 260. The van der Waals surface area contributed by atoms with Gasteiger partial charge in [-0.05, 0) is 0 Å². The molecule has 0 N–H and O–H groups in total. The predicted molar refractivity (Wildman–Crippen MR) is 79.4 cm³/mol. The molecule has 0 aliphatic carbocycles. The number of hydrogen-bond donors (Lipinski definition) is 0. The molecule has 0 radical (unpaired) electrons. The van der Waals surface area contributed by atoms with Crippen molar-refractivity contribution in [3.8, 4) is 0 Å². The van der Waals surface area contributed by atoms with Gasteiger partial charge in [0.2, 0.25) is 0 Å². The summed E-state index contributed by atoms with van der Waals surface area (Å²) in [5, 5.41) is 0. The first kappa shape index (κ1) is 14.9. The molecule has 18 heavy (non-hydrogen) atoms. The number of halogens is 2. The molecule has 4 nitrogen and oxygen atoms in total. The molecule has 2 heterocycles. The van der Waals surface area contributed by atoms with Gasteiger partial charge in [0.1, 0.15) is 0 Å². The number of morpholine rings is 2. The molecule has 0 saturated carbocycles. The van der Waals surface area contributed by atoms with Crippen molar-refractivity contribution in [2.24, 2.45) is 0 Å². The third-order valence-electron chi connectivity index (χ3n) is 3.23. The van der Waals surface area contributed by atoms with Gasteiger partial charge in [-0.1, -0.05) is 31.9 Å². The quantitative estimate of drug-likeness (QED) is 0.736. The van der Waals surface area contributed by atoms with Gasteiger partial charge in [0.15, 0.2) is 0 Å². The lowest BCUT2D eigenvalue weighted by Crippen LogP contribution is -2.38. The van der Waals surface area contributed by atoms with Crippen molar-refractivity contribution < 1.29 is 9.47 Å². The van der Waals surface area contributed by atoms with Gasteiger partial charge < -0.3 is 9.47 Å². The van der Waals surface area contributed by atoms with Crippen molar-refractivity contribution in [2.75, 3.05) is 65.7 Å². The number of hydrogen-bond acceptors (Lipinski definition) is 4. The lowest BCUT2D eigenvalue weighted by atomic mass is 10.3. The molecule has 2 aliphatic rings. The van der Waals surface area contributed by atoms with E-state index in [1.54, 1.807) is 0 Å². The van der Waals surface area contributed by atoms with Crippen LogP contribution in [-0.4, -0.2) is 75.5 Å². The summed E-state index contributed by atoms with van der Waals surface area (Å²) in [7, 11) is 0. The van der Waals surface area contributed by atoms with Crippen LogP contribution in [0.3, 0.4) is 0 Å². The van der Waals surface area contributed by atoms with Crippen LogP contribution in [0, 0.1) is 0 Å². The summed E-state index contributed by atoms with van der Waals surface area (Å²) in [5.74, 6) is 0. The molecule has 2 rings (SSSR count). The molecule has 0 atom stereocenters. The van der Waals surface area contributed by atoms with Crippen molar-refractivity contribution in [1.82, 2.24) is 9.80 Å². The second kappa shape index (κ2) is 7.97. The van der Waals surface area contributed by atoms with Crippen LogP contribution in [0.15, 0.2) is 8.96 Å². The fourth-order valence-electron chi connectivity index (χ4n) is 2.08. The highest BCUT2D eigenvalue weighted by Crippen LogP contribution is 2.21. The molecule has 0 unspecified atom stereocenters. The van der Waals surface area contributed by atoms with E-state index < -0.39 is 0 Å². The maximum absolute atomic E-state index is 5.36. The van der Waals surface area contributed by atoms with Crippen molar-refractivity contribution in [3.63, 3.8) is 0 Å². The Hall–Kier alpha value is 0.540. The van der Waals surface area contributed by atoms with Gasteiger partial charge in [0.25, 0.3) is 0 Å². The molecule has 2 aliphatic heterocycles. The van der Waals surface area contributed by atoms with Gasteiger partial charge in [0, 0.05) is 48.2 Å². The first-order chi connectivity index (χ1) is 8.75. The summed E-state index contributed by atoms with van der Waals surface area (Å²) in [6, 6.07) is 0. The van der Waals surface area contributed by atoms with Crippen molar-refractivity contribution >= 4 is 31.9 Å².